The number of hydrogen-bond acceptors (Lipinski definition) is 4. The lowest BCUT2D eigenvalue weighted by Crippen LogP contribution is -2.49. The highest BCUT2D eigenvalue weighted by atomic mass is 16.5. The SMILES string of the molecule is COc1ccc(C(=O)N2CCNCC2c2nccn2C)cc1. The second-order valence-corrected chi connectivity index (χ2v) is 5.34. The zero-order valence-corrected chi connectivity index (χ0v) is 12.8. The highest BCUT2D eigenvalue weighted by Gasteiger charge is 2.30. The molecule has 0 saturated carbocycles. The molecule has 1 saturated heterocycles. The Morgan fingerprint density at radius 2 is 2.14 bits per heavy atom. The Morgan fingerprint density at radius 3 is 2.77 bits per heavy atom. The first-order valence-electron chi connectivity index (χ1n) is 7.33. The van der Waals surface area contributed by atoms with E-state index in [0.717, 1.165) is 18.1 Å². The number of imidazole rings is 1. The average Bonchev–Trinajstić information content (AvgIpc) is 3.00. The molecule has 0 radical (unpaired) electrons. The number of aryl methyl sites for hydroxylation is 1. The Balaban J connectivity index is 1.86. The molecule has 116 valence electrons. The number of carbonyl (C=O) groups is 1. The van der Waals surface area contributed by atoms with E-state index in [9.17, 15) is 4.79 Å². The number of hydrogen-bond donors (Lipinski definition) is 1. The summed E-state index contributed by atoms with van der Waals surface area (Å²) in [5.74, 6) is 1.67. The standard InChI is InChI=1S/C16H20N4O2/c1-19-9-8-18-15(19)14-11-17-7-10-20(14)16(21)12-3-5-13(22-2)6-4-12/h3-6,8-9,14,17H,7,10-11H2,1-2H3. The van der Waals surface area contributed by atoms with E-state index in [0.29, 0.717) is 18.7 Å². The number of rotatable bonds is 3. The molecule has 1 fully saturated rings. The molecule has 0 bridgehead atoms. The van der Waals surface area contributed by atoms with Gasteiger partial charge in [0.1, 0.15) is 17.6 Å². The summed E-state index contributed by atoms with van der Waals surface area (Å²) in [6, 6.07) is 7.18. The molecule has 6 heteroatoms. The smallest absolute Gasteiger partial charge is 0.254 e. The molecule has 1 aromatic carbocycles. The van der Waals surface area contributed by atoms with E-state index in [1.165, 1.54) is 0 Å². The van der Waals surface area contributed by atoms with Gasteiger partial charge in [0.15, 0.2) is 0 Å². The van der Waals surface area contributed by atoms with Crippen molar-refractivity contribution >= 4 is 5.91 Å². The van der Waals surface area contributed by atoms with Crippen LogP contribution in [0.2, 0.25) is 0 Å². The van der Waals surface area contributed by atoms with Crippen LogP contribution in [0, 0.1) is 0 Å². The third kappa shape index (κ3) is 2.69. The van der Waals surface area contributed by atoms with Crippen LogP contribution in [-0.4, -0.2) is 47.1 Å². The van der Waals surface area contributed by atoms with Gasteiger partial charge in [-0.25, -0.2) is 4.98 Å². The normalized spacial score (nSPS) is 18.3. The third-order valence-electron chi connectivity index (χ3n) is 4.00. The van der Waals surface area contributed by atoms with Crippen molar-refractivity contribution in [3.63, 3.8) is 0 Å². The Labute approximate surface area is 129 Å². The van der Waals surface area contributed by atoms with Crippen molar-refractivity contribution in [3.05, 3.63) is 48.0 Å². The summed E-state index contributed by atoms with van der Waals surface area (Å²) in [5.41, 5.74) is 0.668. The Kier molecular flexibility index (Phi) is 4.11. The number of benzene rings is 1. The molecular weight excluding hydrogens is 280 g/mol. The number of methoxy groups -OCH3 is 1. The first-order valence-corrected chi connectivity index (χ1v) is 7.33. The Morgan fingerprint density at radius 1 is 1.36 bits per heavy atom. The number of amides is 1. The summed E-state index contributed by atoms with van der Waals surface area (Å²) in [6.07, 6.45) is 3.67. The molecule has 1 aliphatic rings. The fourth-order valence-corrected chi connectivity index (χ4v) is 2.78. The Hall–Kier alpha value is -2.34. The van der Waals surface area contributed by atoms with Gasteiger partial charge in [-0.1, -0.05) is 0 Å². The van der Waals surface area contributed by atoms with Crippen LogP contribution in [0.25, 0.3) is 0 Å². The predicted octanol–water partition coefficient (Wildman–Crippen LogP) is 1.22. The minimum absolute atomic E-state index is 0.0251. The summed E-state index contributed by atoms with van der Waals surface area (Å²) in [7, 11) is 3.57. The number of nitrogens with zero attached hydrogens (tertiary/aromatic N) is 3. The summed E-state index contributed by atoms with van der Waals surface area (Å²) in [6.45, 7) is 2.18. The van der Waals surface area contributed by atoms with Crippen molar-refractivity contribution in [3.8, 4) is 5.75 Å². The number of nitrogens with one attached hydrogen (secondary N) is 1. The predicted molar refractivity (Wildman–Crippen MR) is 82.8 cm³/mol. The molecule has 1 amide bonds. The quantitative estimate of drug-likeness (QED) is 0.926. The van der Waals surface area contributed by atoms with Crippen LogP contribution in [0.4, 0.5) is 0 Å². The molecule has 1 aromatic heterocycles. The van der Waals surface area contributed by atoms with E-state index < -0.39 is 0 Å². The van der Waals surface area contributed by atoms with E-state index >= 15 is 0 Å². The van der Waals surface area contributed by atoms with Crippen molar-refractivity contribution < 1.29 is 9.53 Å². The molecule has 2 heterocycles. The lowest BCUT2D eigenvalue weighted by molar-refractivity contribution is 0.0621. The summed E-state index contributed by atoms with van der Waals surface area (Å²) in [5, 5.41) is 3.34. The first kappa shape index (κ1) is 14.6. The second kappa shape index (κ2) is 6.19. The van der Waals surface area contributed by atoms with Crippen LogP contribution in [0.1, 0.15) is 22.2 Å². The minimum atomic E-state index is -0.0525. The van der Waals surface area contributed by atoms with Gasteiger partial charge in [-0.3, -0.25) is 4.79 Å². The zero-order valence-electron chi connectivity index (χ0n) is 12.8. The van der Waals surface area contributed by atoms with Crippen molar-refractivity contribution in [1.29, 1.82) is 0 Å². The van der Waals surface area contributed by atoms with Gasteiger partial charge in [-0.15, -0.1) is 0 Å². The van der Waals surface area contributed by atoms with E-state index in [1.807, 2.05) is 34.8 Å². The molecule has 22 heavy (non-hydrogen) atoms. The number of piperazine rings is 1. The van der Waals surface area contributed by atoms with Gasteiger partial charge in [-0.05, 0) is 24.3 Å². The molecule has 1 aliphatic heterocycles. The van der Waals surface area contributed by atoms with Gasteiger partial charge in [0.2, 0.25) is 0 Å². The highest BCUT2D eigenvalue weighted by Crippen LogP contribution is 2.23. The van der Waals surface area contributed by atoms with Gasteiger partial charge in [-0.2, -0.15) is 0 Å². The first-order chi connectivity index (χ1) is 10.7. The largest absolute Gasteiger partial charge is 0.497 e. The topological polar surface area (TPSA) is 59.4 Å². The van der Waals surface area contributed by atoms with Gasteiger partial charge in [0, 0.05) is 44.6 Å². The number of carbonyl (C=O) groups excluding carboxylic acids is 1. The third-order valence-corrected chi connectivity index (χ3v) is 4.00. The summed E-state index contributed by atoms with van der Waals surface area (Å²) < 4.78 is 7.11. The fourth-order valence-electron chi connectivity index (χ4n) is 2.78. The van der Waals surface area contributed by atoms with E-state index in [-0.39, 0.29) is 11.9 Å². The monoisotopic (exact) mass is 300 g/mol. The van der Waals surface area contributed by atoms with Crippen LogP contribution in [0.5, 0.6) is 5.75 Å². The van der Waals surface area contributed by atoms with Crippen LogP contribution in [-0.2, 0) is 7.05 Å². The molecule has 1 unspecified atom stereocenters. The van der Waals surface area contributed by atoms with E-state index in [1.54, 1.807) is 25.4 Å². The lowest BCUT2D eigenvalue weighted by atomic mass is 10.1. The fraction of sp³-hybridized carbons (Fsp3) is 0.375. The molecule has 0 aliphatic carbocycles. The highest BCUT2D eigenvalue weighted by molar-refractivity contribution is 5.94. The van der Waals surface area contributed by atoms with Crippen LogP contribution in [0.3, 0.4) is 0 Å². The zero-order chi connectivity index (χ0) is 15.5. The minimum Gasteiger partial charge on any atom is -0.497 e. The molecule has 1 N–H and O–H groups in total. The summed E-state index contributed by atoms with van der Waals surface area (Å²) >= 11 is 0. The molecule has 6 nitrogen and oxygen atoms in total. The van der Waals surface area contributed by atoms with Crippen molar-refractivity contribution in [1.82, 2.24) is 19.8 Å². The van der Waals surface area contributed by atoms with Gasteiger partial charge in [0.25, 0.3) is 5.91 Å². The van der Waals surface area contributed by atoms with Gasteiger partial charge >= 0.3 is 0 Å². The van der Waals surface area contributed by atoms with Crippen LogP contribution in [0.15, 0.2) is 36.7 Å². The molecule has 0 spiro atoms. The maximum Gasteiger partial charge on any atom is 0.254 e. The van der Waals surface area contributed by atoms with Crippen molar-refractivity contribution in [2.24, 2.45) is 7.05 Å². The van der Waals surface area contributed by atoms with Gasteiger partial charge in [0.05, 0.1) is 7.11 Å². The molecule has 3 rings (SSSR count). The van der Waals surface area contributed by atoms with Crippen LogP contribution >= 0.6 is 0 Å². The number of ether oxygens (including phenoxy) is 1. The molecule has 2 aromatic rings. The molecular formula is C16H20N4O2. The average molecular weight is 300 g/mol. The number of aromatic nitrogens is 2. The molecule has 1 atom stereocenters. The van der Waals surface area contributed by atoms with Crippen molar-refractivity contribution in [2.45, 2.75) is 6.04 Å². The van der Waals surface area contributed by atoms with E-state index in [4.69, 9.17) is 4.74 Å². The Bertz CT molecular complexity index is 650. The maximum absolute atomic E-state index is 12.8. The van der Waals surface area contributed by atoms with Crippen LogP contribution < -0.4 is 10.1 Å². The van der Waals surface area contributed by atoms with Gasteiger partial charge < -0.3 is 19.5 Å². The second-order valence-electron chi connectivity index (χ2n) is 5.34. The summed E-state index contributed by atoms with van der Waals surface area (Å²) in [4.78, 5) is 19.1. The van der Waals surface area contributed by atoms with Crippen molar-refractivity contribution in [2.75, 3.05) is 26.7 Å². The van der Waals surface area contributed by atoms with E-state index in [2.05, 4.69) is 10.3 Å². The lowest BCUT2D eigenvalue weighted by Gasteiger charge is -2.35. The maximum atomic E-state index is 12.8.